The quantitative estimate of drug-likeness (QED) is 0.793. The van der Waals surface area contributed by atoms with E-state index in [0.717, 1.165) is 5.56 Å². The molecule has 1 aromatic rings. The maximum absolute atomic E-state index is 12.5. The van der Waals surface area contributed by atoms with Crippen LogP contribution in [0, 0.1) is 5.92 Å². The van der Waals surface area contributed by atoms with E-state index in [1.165, 1.54) is 0 Å². The summed E-state index contributed by atoms with van der Waals surface area (Å²) in [5.41, 5.74) is 0.857. The van der Waals surface area contributed by atoms with E-state index in [2.05, 4.69) is 0 Å². The minimum Gasteiger partial charge on any atom is -0.496 e. The molecule has 2 rings (SSSR count). The number of rotatable bonds is 4. The largest absolute Gasteiger partial charge is 0.496 e. The molecule has 0 bridgehead atoms. The fourth-order valence-corrected chi connectivity index (χ4v) is 2.37. The molecular weight excluding hydrogens is 268 g/mol. The van der Waals surface area contributed by atoms with Crippen molar-refractivity contribution in [3.63, 3.8) is 0 Å². The lowest BCUT2D eigenvalue weighted by molar-refractivity contribution is 0.0932. The molecule has 1 aliphatic rings. The molecule has 0 saturated heterocycles. The van der Waals surface area contributed by atoms with E-state index in [0.29, 0.717) is 22.8 Å². The number of carbonyl (C=O) groups excluding carboxylic acids is 1. The number of carbonyl (C=O) groups is 1. The lowest BCUT2D eigenvalue weighted by Gasteiger charge is -2.30. The van der Waals surface area contributed by atoms with E-state index >= 15 is 0 Å². The summed E-state index contributed by atoms with van der Waals surface area (Å²) in [5, 5.41) is 0. The molecule has 0 amide bonds. The molecule has 4 nitrogen and oxygen atoms in total. The van der Waals surface area contributed by atoms with Crippen molar-refractivity contribution in [2.45, 2.75) is 33.3 Å². The summed E-state index contributed by atoms with van der Waals surface area (Å²) in [6, 6.07) is 1.76. The Morgan fingerprint density at radius 1 is 1.24 bits per heavy atom. The highest BCUT2D eigenvalue weighted by atomic mass is 16.5. The molecule has 0 saturated carbocycles. The molecule has 114 valence electrons. The van der Waals surface area contributed by atoms with E-state index in [9.17, 15) is 4.79 Å². The predicted octanol–water partition coefficient (Wildman–Crippen LogP) is 3.73. The van der Waals surface area contributed by atoms with E-state index in [-0.39, 0.29) is 11.7 Å². The van der Waals surface area contributed by atoms with Gasteiger partial charge in [0, 0.05) is 12.0 Å². The third-order valence-electron chi connectivity index (χ3n) is 3.46. The van der Waals surface area contributed by atoms with Gasteiger partial charge in [-0.3, -0.25) is 4.79 Å². The van der Waals surface area contributed by atoms with Gasteiger partial charge in [0.1, 0.15) is 28.4 Å². The second-order valence-corrected chi connectivity index (χ2v) is 5.96. The smallest absolute Gasteiger partial charge is 0.172 e. The molecule has 1 heterocycles. The third kappa shape index (κ3) is 2.75. The minimum atomic E-state index is -0.396. The molecule has 21 heavy (non-hydrogen) atoms. The number of ether oxygens (including phenoxy) is 3. The van der Waals surface area contributed by atoms with Crippen LogP contribution in [0.3, 0.4) is 0 Å². The number of hydrogen-bond acceptors (Lipinski definition) is 4. The molecule has 0 radical (unpaired) electrons. The van der Waals surface area contributed by atoms with Gasteiger partial charge in [-0.2, -0.15) is 0 Å². The summed E-state index contributed by atoms with van der Waals surface area (Å²) in [6.45, 7) is 7.66. The molecule has 0 aromatic heterocycles. The van der Waals surface area contributed by atoms with Crippen molar-refractivity contribution in [2.75, 3.05) is 14.2 Å². The van der Waals surface area contributed by atoms with Gasteiger partial charge >= 0.3 is 0 Å². The van der Waals surface area contributed by atoms with Crippen LogP contribution in [-0.2, 0) is 0 Å². The molecule has 0 fully saturated rings. The van der Waals surface area contributed by atoms with Crippen molar-refractivity contribution >= 4 is 11.9 Å². The van der Waals surface area contributed by atoms with Gasteiger partial charge in [-0.25, -0.2) is 0 Å². The highest BCUT2D eigenvalue weighted by Gasteiger charge is 2.30. The second kappa shape index (κ2) is 5.43. The Balaban J connectivity index is 2.70. The summed E-state index contributed by atoms with van der Waals surface area (Å²) in [5.74, 6) is 1.50. The normalized spacial score (nSPS) is 15.4. The van der Waals surface area contributed by atoms with Crippen LogP contribution in [0.4, 0.5) is 0 Å². The van der Waals surface area contributed by atoms with Crippen LogP contribution in [0.5, 0.6) is 17.2 Å². The van der Waals surface area contributed by atoms with Crippen LogP contribution in [0.25, 0.3) is 6.08 Å². The Kier molecular flexibility index (Phi) is 3.99. The molecule has 0 atom stereocenters. The van der Waals surface area contributed by atoms with Gasteiger partial charge in [0.2, 0.25) is 0 Å². The average molecular weight is 290 g/mol. The first-order valence-corrected chi connectivity index (χ1v) is 7.02. The number of hydrogen-bond donors (Lipinski definition) is 0. The molecule has 0 N–H and O–H groups in total. The fourth-order valence-electron chi connectivity index (χ4n) is 2.37. The van der Waals surface area contributed by atoms with Crippen LogP contribution < -0.4 is 14.2 Å². The van der Waals surface area contributed by atoms with Crippen LogP contribution in [0.1, 0.15) is 43.6 Å². The number of ketones is 1. The number of benzene rings is 1. The Hall–Kier alpha value is -1.97. The highest BCUT2D eigenvalue weighted by Crippen LogP contribution is 2.44. The summed E-state index contributed by atoms with van der Waals surface area (Å²) in [4.78, 5) is 12.5. The topological polar surface area (TPSA) is 44.8 Å². The first-order valence-electron chi connectivity index (χ1n) is 7.02. The summed E-state index contributed by atoms with van der Waals surface area (Å²) in [6.07, 6.45) is 3.89. The van der Waals surface area contributed by atoms with Crippen molar-refractivity contribution in [1.29, 1.82) is 0 Å². The zero-order valence-electron chi connectivity index (χ0n) is 13.4. The van der Waals surface area contributed by atoms with Gasteiger partial charge < -0.3 is 14.2 Å². The SMILES string of the molecule is COc1cc2c(c(OC)c1C(=O)C(C)C)C=CC(C)(C)O2. The molecule has 0 unspecified atom stereocenters. The van der Waals surface area contributed by atoms with Crippen LogP contribution in [0.15, 0.2) is 12.1 Å². The van der Waals surface area contributed by atoms with Crippen molar-refractivity contribution in [3.8, 4) is 17.2 Å². The van der Waals surface area contributed by atoms with Crippen molar-refractivity contribution in [2.24, 2.45) is 5.92 Å². The van der Waals surface area contributed by atoms with E-state index in [1.807, 2.05) is 39.8 Å². The van der Waals surface area contributed by atoms with Gasteiger partial charge in [0.05, 0.1) is 19.8 Å². The van der Waals surface area contributed by atoms with E-state index in [1.54, 1.807) is 20.3 Å². The average Bonchev–Trinajstić information content (AvgIpc) is 2.42. The second-order valence-electron chi connectivity index (χ2n) is 5.96. The van der Waals surface area contributed by atoms with Crippen LogP contribution in [0.2, 0.25) is 0 Å². The number of Topliss-reactive ketones (excluding diaryl/α,β-unsaturated/α-hetero) is 1. The monoisotopic (exact) mass is 290 g/mol. The lowest BCUT2D eigenvalue weighted by atomic mass is 9.94. The fraction of sp³-hybridized carbons (Fsp3) is 0.471. The Morgan fingerprint density at radius 3 is 2.43 bits per heavy atom. The van der Waals surface area contributed by atoms with Gasteiger partial charge in [0.15, 0.2) is 5.78 Å². The molecular formula is C17H22O4. The predicted molar refractivity (Wildman–Crippen MR) is 82.5 cm³/mol. The summed E-state index contributed by atoms with van der Waals surface area (Å²) < 4.78 is 16.8. The third-order valence-corrected chi connectivity index (χ3v) is 3.46. The van der Waals surface area contributed by atoms with E-state index < -0.39 is 5.60 Å². The Bertz CT molecular complexity index is 597. The van der Waals surface area contributed by atoms with Crippen molar-refractivity contribution in [1.82, 2.24) is 0 Å². The zero-order valence-corrected chi connectivity index (χ0v) is 13.4. The van der Waals surface area contributed by atoms with Crippen molar-refractivity contribution < 1.29 is 19.0 Å². The number of methoxy groups -OCH3 is 2. The van der Waals surface area contributed by atoms with E-state index in [4.69, 9.17) is 14.2 Å². The van der Waals surface area contributed by atoms with Gasteiger partial charge in [0.25, 0.3) is 0 Å². The Morgan fingerprint density at radius 2 is 1.90 bits per heavy atom. The molecule has 0 spiro atoms. The summed E-state index contributed by atoms with van der Waals surface area (Å²) >= 11 is 0. The van der Waals surface area contributed by atoms with Crippen LogP contribution >= 0.6 is 0 Å². The standard InChI is InChI=1S/C17H22O4/c1-10(2)15(18)14-13(19-5)9-12-11(16(14)20-6)7-8-17(3,4)21-12/h7-10H,1-6H3. The summed E-state index contributed by atoms with van der Waals surface area (Å²) in [7, 11) is 3.10. The maximum Gasteiger partial charge on any atom is 0.172 e. The molecule has 1 aliphatic heterocycles. The van der Waals surface area contributed by atoms with Crippen molar-refractivity contribution in [3.05, 3.63) is 23.3 Å². The van der Waals surface area contributed by atoms with Gasteiger partial charge in [-0.1, -0.05) is 13.8 Å². The van der Waals surface area contributed by atoms with Crippen LogP contribution in [-0.4, -0.2) is 25.6 Å². The first kappa shape index (κ1) is 15.4. The first-order chi connectivity index (χ1) is 9.80. The van der Waals surface area contributed by atoms with Gasteiger partial charge in [-0.15, -0.1) is 0 Å². The number of fused-ring (bicyclic) bond motifs is 1. The van der Waals surface area contributed by atoms with Gasteiger partial charge in [-0.05, 0) is 26.0 Å². The lowest BCUT2D eigenvalue weighted by Crippen LogP contribution is -2.28. The Labute approximate surface area is 125 Å². The maximum atomic E-state index is 12.5. The molecule has 0 aliphatic carbocycles. The molecule has 1 aromatic carbocycles. The molecule has 4 heteroatoms. The highest BCUT2D eigenvalue weighted by molar-refractivity contribution is 6.04. The minimum absolute atomic E-state index is 0.00951. The zero-order chi connectivity index (χ0) is 15.8.